The van der Waals surface area contributed by atoms with Gasteiger partial charge in [0.25, 0.3) is 5.91 Å². The average molecular weight is 440 g/mol. The van der Waals surface area contributed by atoms with E-state index in [1.54, 1.807) is 35.2 Å². The Morgan fingerprint density at radius 1 is 1.37 bits per heavy atom. The van der Waals surface area contributed by atoms with Crippen molar-refractivity contribution in [2.24, 2.45) is 0 Å². The summed E-state index contributed by atoms with van der Waals surface area (Å²) in [5.74, 6) is -2.69. The lowest BCUT2D eigenvalue weighted by molar-refractivity contribution is -0.142. The van der Waals surface area contributed by atoms with Crippen LogP contribution in [0.5, 0.6) is 0 Å². The predicted molar refractivity (Wildman–Crippen MR) is 110 cm³/mol. The smallest absolute Gasteiger partial charge is 0.350 e. The molecule has 2 rings (SSSR count). The molecule has 30 heavy (non-hydrogen) atoms. The van der Waals surface area contributed by atoms with Crippen LogP contribution in [0.1, 0.15) is 49.4 Å². The molecule has 9 nitrogen and oxygen atoms in total. The minimum atomic E-state index is -4.42. The Morgan fingerprint density at radius 2 is 2.07 bits per heavy atom. The minimum Gasteiger partial charge on any atom is -0.480 e. The molecular formula is C20H29N2O7P. The van der Waals surface area contributed by atoms with Crippen molar-refractivity contribution < 1.29 is 33.5 Å². The lowest BCUT2D eigenvalue weighted by Crippen LogP contribution is -2.42. The second-order valence-corrected chi connectivity index (χ2v) is 9.30. The Kier molecular flexibility index (Phi) is 9.17. The molecule has 0 bridgehead atoms. The van der Waals surface area contributed by atoms with Gasteiger partial charge in [0.2, 0.25) is 0 Å². The first-order chi connectivity index (χ1) is 14.3. The molecule has 0 saturated carbocycles. The number of nitrogens with zero attached hydrogens (tertiary/aromatic N) is 1. The Morgan fingerprint density at radius 3 is 2.67 bits per heavy atom. The maximum atomic E-state index is 13.0. The molecular weight excluding hydrogens is 411 g/mol. The molecule has 1 fully saturated rings. The van der Waals surface area contributed by atoms with Gasteiger partial charge in [-0.3, -0.25) is 23.6 Å². The summed E-state index contributed by atoms with van der Waals surface area (Å²) < 4.78 is 18.2. The fourth-order valence-corrected chi connectivity index (χ4v) is 4.90. The van der Waals surface area contributed by atoms with Gasteiger partial charge in [0.15, 0.2) is 6.29 Å². The minimum absolute atomic E-state index is 0.0991. The second kappa shape index (κ2) is 11.4. The number of carboxylic acids is 1. The van der Waals surface area contributed by atoms with Crippen molar-refractivity contribution in [2.75, 3.05) is 13.1 Å². The zero-order valence-corrected chi connectivity index (χ0v) is 17.9. The maximum Gasteiger partial charge on any atom is 0.350 e. The second-order valence-electron chi connectivity index (χ2n) is 7.33. The first kappa shape index (κ1) is 24.2. The number of aldehydes is 1. The van der Waals surface area contributed by atoms with Gasteiger partial charge < -0.3 is 20.1 Å². The molecule has 1 aliphatic heterocycles. The summed E-state index contributed by atoms with van der Waals surface area (Å²) >= 11 is 0. The van der Waals surface area contributed by atoms with Gasteiger partial charge in [-0.2, -0.15) is 0 Å². The number of hydrogen-bond acceptors (Lipinski definition) is 6. The topological polar surface area (TPSA) is 133 Å². The third kappa shape index (κ3) is 6.74. The van der Waals surface area contributed by atoms with Crippen LogP contribution >= 0.6 is 7.60 Å². The van der Waals surface area contributed by atoms with E-state index in [1.165, 1.54) is 0 Å². The first-order valence-corrected chi connectivity index (χ1v) is 11.7. The Balaban J connectivity index is 2.09. The number of benzene rings is 1. The highest BCUT2D eigenvalue weighted by Crippen LogP contribution is 2.49. The van der Waals surface area contributed by atoms with Crippen molar-refractivity contribution in [1.82, 2.24) is 10.2 Å². The van der Waals surface area contributed by atoms with Crippen molar-refractivity contribution in [3.05, 3.63) is 35.9 Å². The highest BCUT2D eigenvalue weighted by molar-refractivity contribution is 7.53. The molecule has 0 aromatic heterocycles. The molecule has 0 radical (unpaired) electrons. The number of likely N-dealkylation sites (tertiary alicyclic amines) is 1. The number of aliphatic carboxylic acids is 1. The largest absolute Gasteiger partial charge is 0.480 e. The molecule has 166 valence electrons. The van der Waals surface area contributed by atoms with E-state index in [0.717, 1.165) is 6.42 Å². The highest BCUT2D eigenvalue weighted by Gasteiger charge is 2.38. The standard InChI is InChI=1S/C20H29N2O7P/c1-2-3-11-18(21-19(24)15-8-5-4-6-9-15)30(27,28)29-16(14-23)13-22-12-7-10-17(22)20(25)26/h4-6,8-9,14,16-18H,2-3,7,10-13H2,1H3,(H,21,24)(H,25,26)(H,27,28)/t16?,17-,18?/m0/s1. The van der Waals surface area contributed by atoms with Crippen LogP contribution in [0.25, 0.3) is 0 Å². The summed E-state index contributed by atoms with van der Waals surface area (Å²) in [6.45, 7) is 2.27. The van der Waals surface area contributed by atoms with Crippen LogP contribution in [-0.2, 0) is 18.7 Å². The zero-order chi connectivity index (χ0) is 22.1. The van der Waals surface area contributed by atoms with E-state index in [-0.39, 0.29) is 13.0 Å². The average Bonchev–Trinajstić information content (AvgIpc) is 3.19. The number of carbonyl (C=O) groups is 3. The number of unbranched alkanes of at least 4 members (excludes halogenated alkanes) is 1. The molecule has 0 aliphatic carbocycles. The summed E-state index contributed by atoms with van der Waals surface area (Å²) in [4.78, 5) is 47.4. The van der Waals surface area contributed by atoms with Gasteiger partial charge in [-0.15, -0.1) is 0 Å². The van der Waals surface area contributed by atoms with Crippen molar-refractivity contribution in [2.45, 2.75) is 57.0 Å². The number of amides is 1. The molecule has 1 aromatic carbocycles. The number of nitrogens with one attached hydrogen (secondary N) is 1. The van der Waals surface area contributed by atoms with Gasteiger partial charge >= 0.3 is 13.6 Å². The van der Waals surface area contributed by atoms with Gasteiger partial charge in [-0.1, -0.05) is 38.0 Å². The van der Waals surface area contributed by atoms with E-state index in [9.17, 15) is 28.9 Å². The molecule has 0 spiro atoms. The summed E-state index contributed by atoms with van der Waals surface area (Å²) in [6.07, 6.45) is 1.75. The summed E-state index contributed by atoms with van der Waals surface area (Å²) in [5, 5.41) is 11.8. The highest BCUT2D eigenvalue weighted by atomic mass is 31.2. The van der Waals surface area contributed by atoms with Crippen LogP contribution < -0.4 is 5.32 Å². The molecule has 1 amide bonds. The molecule has 3 unspecified atom stereocenters. The van der Waals surface area contributed by atoms with Crippen LogP contribution in [0, 0.1) is 0 Å². The lowest BCUT2D eigenvalue weighted by Gasteiger charge is -2.28. The summed E-state index contributed by atoms with van der Waals surface area (Å²) in [7, 11) is -4.42. The van der Waals surface area contributed by atoms with Crippen LogP contribution in [0.15, 0.2) is 30.3 Å². The van der Waals surface area contributed by atoms with E-state index < -0.39 is 37.4 Å². The van der Waals surface area contributed by atoms with Gasteiger partial charge in [-0.25, -0.2) is 0 Å². The lowest BCUT2D eigenvalue weighted by atomic mass is 10.2. The van der Waals surface area contributed by atoms with Gasteiger partial charge in [0, 0.05) is 12.1 Å². The molecule has 10 heteroatoms. The Hall–Kier alpha value is -2.06. The quantitative estimate of drug-likeness (QED) is 0.333. The van der Waals surface area contributed by atoms with Gasteiger partial charge in [0.05, 0.1) is 0 Å². The summed E-state index contributed by atoms with van der Waals surface area (Å²) in [6, 6.07) is 7.54. The number of rotatable bonds is 12. The van der Waals surface area contributed by atoms with Crippen molar-refractivity contribution in [1.29, 1.82) is 0 Å². The first-order valence-electron chi connectivity index (χ1n) is 10.1. The van der Waals surface area contributed by atoms with Crippen molar-refractivity contribution in [3.8, 4) is 0 Å². The monoisotopic (exact) mass is 440 g/mol. The van der Waals surface area contributed by atoms with E-state index in [0.29, 0.717) is 37.7 Å². The van der Waals surface area contributed by atoms with Gasteiger partial charge in [-0.05, 0) is 37.9 Å². The summed E-state index contributed by atoms with van der Waals surface area (Å²) in [5.41, 5.74) is 0.340. The predicted octanol–water partition coefficient (Wildman–Crippen LogP) is 2.25. The van der Waals surface area contributed by atoms with E-state index in [4.69, 9.17) is 4.52 Å². The fourth-order valence-electron chi connectivity index (χ4n) is 3.46. The van der Waals surface area contributed by atoms with Crippen molar-refractivity contribution in [3.63, 3.8) is 0 Å². The number of carbonyl (C=O) groups excluding carboxylic acids is 2. The van der Waals surface area contributed by atoms with Gasteiger partial charge in [0.1, 0.15) is 17.9 Å². The van der Waals surface area contributed by atoms with E-state index in [1.807, 2.05) is 6.92 Å². The maximum absolute atomic E-state index is 13.0. The molecule has 1 aromatic rings. The zero-order valence-electron chi connectivity index (χ0n) is 17.0. The molecule has 1 saturated heterocycles. The normalized spacial score (nSPS) is 20.8. The fraction of sp³-hybridized carbons (Fsp3) is 0.550. The number of hydrogen-bond donors (Lipinski definition) is 3. The molecule has 3 N–H and O–H groups in total. The van der Waals surface area contributed by atoms with Crippen LogP contribution in [0.3, 0.4) is 0 Å². The Labute approximate surface area is 175 Å². The van der Waals surface area contributed by atoms with E-state index >= 15 is 0 Å². The number of carboxylic acid groups (broad SMARTS) is 1. The van der Waals surface area contributed by atoms with Crippen LogP contribution in [0.4, 0.5) is 0 Å². The Bertz CT molecular complexity index is 774. The van der Waals surface area contributed by atoms with Crippen molar-refractivity contribution >= 4 is 25.8 Å². The van der Waals surface area contributed by atoms with E-state index in [2.05, 4.69) is 5.32 Å². The third-order valence-corrected chi connectivity index (χ3v) is 6.81. The molecule has 1 aliphatic rings. The SMILES string of the molecule is CCCCC(NC(=O)c1ccccc1)P(=O)(O)OC(C=O)CN1CCC[C@H]1C(=O)O. The van der Waals surface area contributed by atoms with Crippen LogP contribution in [0.2, 0.25) is 0 Å². The molecule has 4 atom stereocenters. The molecule has 1 heterocycles. The third-order valence-electron chi connectivity index (χ3n) is 5.06. The van der Waals surface area contributed by atoms with Crippen LogP contribution in [-0.4, -0.2) is 64.1 Å².